The molecule has 10 heteroatoms. The molecule has 0 saturated carbocycles. The first-order valence-electron chi connectivity index (χ1n) is 7.10. The number of carboxylic acid groups (broad SMARTS) is 1. The standard InChI is InChI=1S/C14H9N3O3S2.C2H4O2/c18-12(9-3-5-15-6-4-9)16-17-13(19)11(22-14(17)21)8-10-2-1-7-20-10;1-2(3)4/h1-8H,(H,16,18);1H3,(H,3,4). The summed E-state index contributed by atoms with van der Waals surface area (Å²) in [7, 11) is 0. The Morgan fingerprint density at radius 1 is 1.35 bits per heavy atom. The van der Waals surface area contributed by atoms with E-state index >= 15 is 0 Å². The van der Waals surface area contributed by atoms with E-state index in [9.17, 15) is 9.59 Å². The number of furan rings is 1. The summed E-state index contributed by atoms with van der Waals surface area (Å²) in [5.41, 5.74) is 2.88. The lowest BCUT2D eigenvalue weighted by molar-refractivity contribution is -0.134. The number of rotatable bonds is 3. The fourth-order valence-corrected chi connectivity index (χ4v) is 2.90. The molecule has 0 spiro atoms. The van der Waals surface area contributed by atoms with E-state index in [2.05, 4.69) is 10.4 Å². The Morgan fingerprint density at radius 3 is 2.58 bits per heavy atom. The zero-order valence-electron chi connectivity index (χ0n) is 13.4. The van der Waals surface area contributed by atoms with Crippen LogP contribution in [0.4, 0.5) is 0 Å². The molecule has 0 unspecified atom stereocenters. The van der Waals surface area contributed by atoms with Gasteiger partial charge in [0.1, 0.15) is 5.76 Å². The zero-order valence-corrected chi connectivity index (χ0v) is 15.0. The molecule has 1 aliphatic rings. The largest absolute Gasteiger partial charge is 0.481 e. The molecule has 1 aliphatic heterocycles. The van der Waals surface area contributed by atoms with Gasteiger partial charge in [0.05, 0.1) is 11.2 Å². The molecule has 26 heavy (non-hydrogen) atoms. The highest BCUT2D eigenvalue weighted by Crippen LogP contribution is 2.31. The van der Waals surface area contributed by atoms with E-state index < -0.39 is 17.8 Å². The third-order valence-corrected chi connectivity index (χ3v) is 4.07. The smallest absolute Gasteiger partial charge is 0.300 e. The molecule has 0 atom stereocenters. The van der Waals surface area contributed by atoms with E-state index in [1.807, 2.05) is 0 Å². The lowest BCUT2D eigenvalue weighted by Crippen LogP contribution is -2.44. The maximum atomic E-state index is 12.3. The van der Waals surface area contributed by atoms with Crippen molar-refractivity contribution in [3.05, 3.63) is 59.2 Å². The lowest BCUT2D eigenvalue weighted by atomic mass is 10.2. The summed E-state index contributed by atoms with van der Waals surface area (Å²) in [6, 6.07) is 6.54. The first-order chi connectivity index (χ1) is 12.4. The molecular formula is C16H13N3O5S2. The quantitative estimate of drug-likeness (QED) is 0.605. The van der Waals surface area contributed by atoms with Crippen LogP contribution >= 0.6 is 24.0 Å². The number of hydrogen-bond donors (Lipinski definition) is 2. The average Bonchev–Trinajstić information content (AvgIpc) is 3.19. The SMILES string of the molecule is CC(=O)O.O=C(NN1C(=O)C(=Cc2ccco2)SC1=S)c1ccncc1. The van der Waals surface area contributed by atoms with Crippen LogP contribution in [0.3, 0.4) is 0 Å². The number of aromatic nitrogens is 1. The Balaban J connectivity index is 0.000000552. The summed E-state index contributed by atoms with van der Waals surface area (Å²) in [5.74, 6) is -1.12. The van der Waals surface area contributed by atoms with Crippen LogP contribution in [0.25, 0.3) is 6.08 Å². The number of thioether (sulfide) groups is 1. The Bertz CT molecular complexity index is 846. The third-order valence-electron chi connectivity index (χ3n) is 2.77. The molecule has 2 aromatic heterocycles. The Labute approximate surface area is 157 Å². The topological polar surface area (TPSA) is 113 Å². The third kappa shape index (κ3) is 5.26. The normalized spacial score (nSPS) is 14.8. The number of carbonyl (C=O) groups is 3. The van der Waals surface area contributed by atoms with E-state index in [0.29, 0.717) is 16.2 Å². The minimum absolute atomic E-state index is 0.255. The highest BCUT2D eigenvalue weighted by Gasteiger charge is 2.34. The van der Waals surface area contributed by atoms with Crippen molar-refractivity contribution in [2.45, 2.75) is 6.92 Å². The lowest BCUT2D eigenvalue weighted by Gasteiger charge is -2.15. The number of pyridine rings is 1. The van der Waals surface area contributed by atoms with Gasteiger partial charge in [-0.1, -0.05) is 11.8 Å². The van der Waals surface area contributed by atoms with E-state index in [1.54, 1.807) is 30.3 Å². The summed E-state index contributed by atoms with van der Waals surface area (Å²) in [4.78, 5) is 37.6. The van der Waals surface area contributed by atoms with Gasteiger partial charge in [-0.25, -0.2) is 0 Å². The molecule has 2 N–H and O–H groups in total. The molecule has 0 aromatic carbocycles. The van der Waals surface area contributed by atoms with Crippen molar-refractivity contribution in [1.29, 1.82) is 0 Å². The molecular weight excluding hydrogens is 378 g/mol. The number of carbonyl (C=O) groups excluding carboxylic acids is 2. The van der Waals surface area contributed by atoms with Crippen molar-refractivity contribution in [1.82, 2.24) is 15.4 Å². The van der Waals surface area contributed by atoms with Crippen LogP contribution in [0, 0.1) is 0 Å². The number of thiocarbonyl (C=S) groups is 1. The molecule has 3 heterocycles. The van der Waals surface area contributed by atoms with Gasteiger partial charge in [0, 0.05) is 31.0 Å². The second-order valence-corrected chi connectivity index (χ2v) is 6.40. The second kappa shape index (κ2) is 8.92. The molecule has 8 nitrogen and oxygen atoms in total. The zero-order chi connectivity index (χ0) is 19.1. The Hall–Kier alpha value is -2.98. The van der Waals surface area contributed by atoms with Crippen LogP contribution in [0.5, 0.6) is 0 Å². The number of nitrogens with one attached hydrogen (secondary N) is 1. The predicted octanol–water partition coefficient (Wildman–Crippen LogP) is 2.31. The molecule has 0 bridgehead atoms. The van der Waals surface area contributed by atoms with E-state index in [-0.39, 0.29) is 4.32 Å². The highest BCUT2D eigenvalue weighted by atomic mass is 32.2. The van der Waals surface area contributed by atoms with Gasteiger partial charge in [0.2, 0.25) is 0 Å². The number of nitrogens with zero attached hydrogens (tertiary/aromatic N) is 2. The van der Waals surface area contributed by atoms with Crippen LogP contribution in [0.1, 0.15) is 23.0 Å². The van der Waals surface area contributed by atoms with E-state index in [0.717, 1.165) is 23.7 Å². The molecule has 2 aromatic rings. The van der Waals surface area contributed by atoms with Crippen LogP contribution in [-0.2, 0) is 9.59 Å². The summed E-state index contributed by atoms with van der Waals surface area (Å²) >= 11 is 6.23. The van der Waals surface area contributed by atoms with Gasteiger partial charge in [-0.2, -0.15) is 5.01 Å². The minimum atomic E-state index is -0.833. The van der Waals surface area contributed by atoms with Crippen molar-refractivity contribution < 1.29 is 23.9 Å². The molecule has 1 fully saturated rings. The van der Waals surface area contributed by atoms with Gasteiger partial charge < -0.3 is 9.52 Å². The Morgan fingerprint density at radius 2 is 2.00 bits per heavy atom. The number of carboxylic acids is 1. The van der Waals surface area contributed by atoms with Crippen LogP contribution in [-0.4, -0.2) is 37.2 Å². The van der Waals surface area contributed by atoms with Gasteiger partial charge in [-0.05, 0) is 36.5 Å². The maximum Gasteiger partial charge on any atom is 0.300 e. The van der Waals surface area contributed by atoms with Crippen molar-refractivity contribution in [2.24, 2.45) is 0 Å². The van der Waals surface area contributed by atoms with Gasteiger partial charge in [-0.15, -0.1) is 0 Å². The molecule has 3 rings (SSSR count). The Kier molecular flexibility index (Phi) is 6.64. The van der Waals surface area contributed by atoms with Crippen LogP contribution < -0.4 is 5.43 Å². The van der Waals surface area contributed by atoms with Gasteiger partial charge >= 0.3 is 0 Å². The van der Waals surface area contributed by atoms with E-state index in [4.69, 9.17) is 26.5 Å². The number of hydrazine groups is 1. The molecule has 1 saturated heterocycles. The fourth-order valence-electron chi connectivity index (χ4n) is 1.74. The number of amides is 2. The van der Waals surface area contributed by atoms with Crippen LogP contribution in [0.2, 0.25) is 0 Å². The monoisotopic (exact) mass is 391 g/mol. The average molecular weight is 391 g/mol. The van der Waals surface area contributed by atoms with Crippen LogP contribution in [0.15, 0.2) is 52.2 Å². The fraction of sp³-hybridized carbons (Fsp3) is 0.0625. The maximum absolute atomic E-state index is 12.3. The first-order valence-corrected chi connectivity index (χ1v) is 8.33. The highest BCUT2D eigenvalue weighted by molar-refractivity contribution is 8.26. The second-order valence-electron chi connectivity index (χ2n) is 4.73. The summed E-state index contributed by atoms with van der Waals surface area (Å²) in [6.07, 6.45) is 6.09. The van der Waals surface area contributed by atoms with E-state index in [1.165, 1.54) is 18.7 Å². The number of aliphatic carboxylic acids is 1. The number of hydrogen-bond acceptors (Lipinski definition) is 7. The van der Waals surface area contributed by atoms with Crippen molar-refractivity contribution in [3.63, 3.8) is 0 Å². The summed E-state index contributed by atoms with van der Waals surface area (Å²) in [6.45, 7) is 1.08. The predicted molar refractivity (Wildman–Crippen MR) is 98.7 cm³/mol. The minimum Gasteiger partial charge on any atom is -0.481 e. The first kappa shape index (κ1) is 19.3. The van der Waals surface area contributed by atoms with Gasteiger partial charge in [0.15, 0.2) is 4.32 Å². The van der Waals surface area contributed by atoms with Gasteiger partial charge in [0.25, 0.3) is 17.8 Å². The molecule has 0 radical (unpaired) electrons. The van der Waals surface area contributed by atoms with Crippen molar-refractivity contribution in [3.8, 4) is 0 Å². The molecule has 0 aliphatic carbocycles. The summed E-state index contributed by atoms with van der Waals surface area (Å²) in [5, 5.41) is 8.47. The van der Waals surface area contributed by atoms with Gasteiger partial charge in [-0.3, -0.25) is 24.8 Å². The summed E-state index contributed by atoms with van der Waals surface area (Å²) < 4.78 is 5.42. The van der Waals surface area contributed by atoms with Crippen molar-refractivity contribution >= 4 is 52.2 Å². The van der Waals surface area contributed by atoms with Crippen molar-refractivity contribution in [2.75, 3.05) is 0 Å². The molecule has 2 amide bonds. The molecule has 134 valence electrons.